The summed E-state index contributed by atoms with van der Waals surface area (Å²) in [6, 6.07) is 5.98. The lowest BCUT2D eigenvalue weighted by Crippen LogP contribution is -2.33. The number of carbonyl (C=O) groups excluding carboxylic acids is 2. The van der Waals surface area contributed by atoms with Crippen LogP contribution in [0, 0.1) is 6.92 Å². The van der Waals surface area contributed by atoms with Gasteiger partial charge in [0, 0.05) is 35.2 Å². The van der Waals surface area contributed by atoms with E-state index in [4.69, 9.17) is 60.8 Å². The monoisotopic (exact) mass is 825 g/mol. The molecule has 2 heterocycles. The summed E-state index contributed by atoms with van der Waals surface area (Å²) in [6.07, 6.45) is 3.72. The second-order valence-electron chi connectivity index (χ2n) is 10.4. The summed E-state index contributed by atoms with van der Waals surface area (Å²) in [6.45, 7) is 6.61. The summed E-state index contributed by atoms with van der Waals surface area (Å²) < 4.78 is 16.9. The number of benzene rings is 3. The molecule has 248 valence electrons. The van der Waals surface area contributed by atoms with Crippen LogP contribution in [0.4, 0.5) is 0 Å². The molecule has 0 aromatic heterocycles. The lowest BCUT2D eigenvalue weighted by Gasteiger charge is -2.38. The quantitative estimate of drug-likeness (QED) is 0.0575. The third kappa shape index (κ3) is 6.99. The second-order valence-corrected chi connectivity index (χ2v) is 12.4. The van der Waals surface area contributed by atoms with Crippen molar-refractivity contribution in [3.63, 3.8) is 0 Å². The SMILES string of the molecule is CC.Cc1c(O)c(Cl)cc2c1Oc1c(cc(CCC(=O)NCCCCCCOOI)c(O)c1Cl)C21OC(=O)c2cc(Cl)c(Cl)cc21. The van der Waals surface area contributed by atoms with Crippen molar-refractivity contribution in [3.8, 4) is 23.0 Å². The Balaban J connectivity index is 0.00000235. The molecule has 5 rings (SSSR count). The number of fused-ring (bicyclic) bond motifs is 6. The highest BCUT2D eigenvalue weighted by Crippen LogP contribution is 2.61. The Kier molecular flexibility index (Phi) is 12.6. The first-order valence-electron chi connectivity index (χ1n) is 14.7. The largest absolute Gasteiger partial charge is 0.506 e. The molecule has 0 radical (unpaired) electrons. The fourth-order valence-corrected chi connectivity index (χ4v) is 6.53. The molecule has 0 bridgehead atoms. The van der Waals surface area contributed by atoms with Gasteiger partial charge >= 0.3 is 5.97 Å². The van der Waals surface area contributed by atoms with Gasteiger partial charge in [-0.2, -0.15) is 3.22 Å². The number of unbranched alkanes of at least 4 members (excludes halogenated alkanes) is 3. The maximum absolute atomic E-state index is 13.3. The van der Waals surface area contributed by atoms with Crippen LogP contribution in [-0.2, 0) is 29.7 Å². The van der Waals surface area contributed by atoms with E-state index >= 15 is 0 Å². The van der Waals surface area contributed by atoms with Crippen molar-refractivity contribution in [1.82, 2.24) is 5.32 Å². The molecule has 2 aliphatic heterocycles. The zero-order chi connectivity index (χ0) is 33.8. The van der Waals surface area contributed by atoms with Crippen LogP contribution in [0.3, 0.4) is 0 Å². The molecule has 1 unspecified atom stereocenters. The number of halogens is 5. The number of hydrogen-bond acceptors (Lipinski definition) is 8. The van der Waals surface area contributed by atoms with Gasteiger partial charge in [-0.15, -0.1) is 0 Å². The Labute approximate surface area is 301 Å². The van der Waals surface area contributed by atoms with Crippen molar-refractivity contribution in [2.45, 2.75) is 64.9 Å². The fourth-order valence-electron chi connectivity index (χ4n) is 5.51. The molecule has 0 fully saturated rings. The van der Waals surface area contributed by atoms with Crippen LogP contribution in [0.5, 0.6) is 23.0 Å². The molecule has 3 N–H and O–H groups in total. The third-order valence-electron chi connectivity index (χ3n) is 7.72. The molecule has 1 atom stereocenters. The number of nitrogens with one attached hydrogen (secondary N) is 1. The number of phenols is 2. The standard InChI is InChI=1S/C30H26Cl4INO8.C2H6/c1-14-25(38)22(33)13-19-27(14)42-28-18(30(19)17-12-21(32)20(31)11-16(17)29(40)43-30)10-15(26(39)24(28)34)6-7-23(37)36-8-4-2-3-5-9-41-44-35;1-2/h10-13,38-39H,2-9H2,1H3,(H,36,37);1-2H3. The zero-order valence-electron chi connectivity index (χ0n) is 25.2. The molecular formula is C32H32Cl4INO8. The number of carbonyl (C=O) groups is 2. The van der Waals surface area contributed by atoms with Crippen molar-refractivity contribution in [2.75, 3.05) is 13.2 Å². The van der Waals surface area contributed by atoms with Crippen LogP contribution < -0.4 is 10.1 Å². The molecule has 1 amide bonds. The minimum absolute atomic E-state index is 0.00184. The highest BCUT2D eigenvalue weighted by molar-refractivity contribution is 14.1. The Hall–Kier alpha value is -2.19. The normalized spacial score (nSPS) is 15.7. The Morgan fingerprint density at radius 3 is 2.28 bits per heavy atom. The van der Waals surface area contributed by atoms with Crippen LogP contribution >= 0.6 is 69.4 Å². The van der Waals surface area contributed by atoms with Crippen molar-refractivity contribution < 1.29 is 37.4 Å². The third-order valence-corrected chi connectivity index (χ3v) is 9.34. The molecule has 0 aliphatic carbocycles. The summed E-state index contributed by atoms with van der Waals surface area (Å²) in [5.41, 5.74) is 0.0361. The molecule has 9 nitrogen and oxygen atoms in total. The highest BCUT2D eigenvalue weighted by Gasteiger charge is 2.55. The van der Waals surface area contributed by atoms with Gasteiger partial charge in [0.05, 0.1) is 27.2 Å². The molecule has 0 saturated carbocycles. The van der Waals surface area contributed by atoms with Gasteiger partial charge in [-0.05, 0) is 56.0 Å². The predicted molar refractivity (Wildman–Crippen MR) is 185 cm³/mol. The Morgan fingerprint density at radius 2 is 1.57 bits per heavy atom. The molecule has 2 aliphatic rings. The minimum atomic E-state index is -1.67. The number of ether oxygens (including phenoxy) is 2. The second kappa shape index (κ2) is 15.8. The smallest absolute Gasteiger partial charge is 0.340 e. The molecule has 14 heteroatoms. The van der Waals surface area contributed by atoms with Crippen LogP contribution in [-0.4, -0.2) is 35.2 Å². The Morgan fingerprint density at radius 1 is 0.913 bits per heavy atom. The first-order valence-corrected chi connectivity index (χ1v) is 17.1. The number of hydrogen-bond donors (Lipinski definition) is 3. The van der Waals surface area contributed by atoms with Gasteiger partial charge in [0.25, 0.3) is 0 Å². The molecule has 0 saturated heterocycles. The van der Waals surface area contributed by atoms with Gasteiger partial charge < -0.3 is 25.0 Å². The topological polar surface area (TPSA) is 124 Å². The van der Waals surface area contributed by atoms with E-state index in [0.29, 0.717) is 29.8 Å². The first kappa shape index (κ1) is 36.6. The van der Waals surface area contributed by atoms with Gasteiger partial charge in [-0.1, -0.05) is 73.1 Å². The lowest BCUT2D eigenvalue weighted by atomic mass is 9.76. The van der Waals surface area contributed by atoms with Crippen molar-refractivity contribution in [2.24, 2.45) is 0 Å². The summed E-state index contributed by atoms with van der Waals surface area (Å²) in [5.74, 6) is -1.25. The Bertz CT molecular complexity index is 1650. The van der Waals surface area contributed by atoms with E-state index in [0.717, 1.165) is 25.7 Å². The summed E-state index contributed by atoms with van der Waals surface area (Å²) in [5, 5.41) is 24.8. The number of phenolic OH excluding ortho intramolecular Hbond substituents is 2. The van der Waals surface area contributed by atoms with Gasteiger partial charge in [-0.3, -0.25) is 4.79 Å². The van der Waals surface area contributed by atoms with E-state index in [-0.39, 0.29) is 78.5 Å². The fraction of sp³-hybridized carbons (Fsp3) is 0.375. The van der Waals surface area contributed by atoms with Crippen molar-refractivity contribution >= 4 is 81.3 Å². The molecular weight excluding hydrogens is 795 g/mol. The first-order chi connectivity index (χ1) is 22.0. The van der Waals surface area contributed by atoms with E-state index in [1.807, 2.05) is 13.8 Å². The summed E-state index contributed by atoms with van der Waals surface area (Å²) in [7, 11) is 0. The van der Waals surface area contributed by atoms with Crippen LogP contribution in [0.1, 0.15) is 84.1 Å². The maximum Gasteiger partial charge on any atom is 0.340 e. The van der Waals surface area contributed by atoms with Gasteiger partial charge in [0.15, 0.2) is 34.4 Å². The molecule has 1 spiro atoms. The predicted octanol–water partition coefficient (Wildman–Crippen LogP) is 9.52. The summed E-state index contributed by atoms with van der Waals surface area (Å²) >= 11 is 27.5. The van der Waals surface area contributed by atoms with Gasteiger partial charge in [0.2, 0.25) is 5.91 Å². The van der Waals surface area contributed by atoms with E-state index in [1.54, 1.807) is 36.0 Å². The number of aryl methyl sites for hydroxylation is 1. The number of aromatic hydroxyl groups is 2. The van der Waals surface area contributed by atoms with Crippen LogP contribution in [0.2, 0.25) is 20.1 Å². The lowest BCUT2D eigenvalue weighted by molar-refractivity contribution is -0.166. The zero-order valence-corrected chi connectivity index (χ0v) is 30.4. The number of rotatable bonds is 11. The maximum atomic E-state index is 13.3. The van der Waals surface area contributed by atoms with Gasteiger partial charge in [0.1, 0.15) is 22.3 Å². The van der Waals surface area contributed by atoms with Crippen LogP contribution in [0.25, 0.3) is 0 Å². The highest BCUT2D eigenvalue weighted by atomic mass is 127. The minimum Gasteiger partial charge on any atom is -0.506 e. The van der Waals surface area contributed by atoms with Crippen molar-refractivity contribution in [3.05, 3.63) is 77.7 Å². The van der Waals surface area contributed by atoms with E-state index in [1.165, 1.54) is 18.2 Å². The number of esters is 1. The molecule has 3 aromatic rings. The molecule has 3 aromatic carbocycles. The van der Waals surface area contributed by atoms with E-state index in [9.17, 15) is 19.8 Å². The van der Waals surface area contributed by atoms with Crippen LogP contribution in [0.15, 0.2) is 24.3 Å². The van der Waals surface area contributed by atoms with Gasteiger partial charge in [-0.25, -0.2) is 9.68 Å². The van der Waals surface area contributed by atoms with Crippen molar-refractivity contribution in [1.29, 1.82) is 0 Å². The number of amides is 1. The average molecular weight is 827 g/mol. The van der Waals surface area contributed by atoms with E-state index in [2.05, 4.69) is 8.53 Å². The summed E-state index contributed by atoms with van der Waals surface area (Å²) in [4.78, 5) is 30.8. The van der Waals surface area contributed by atoms with E-state index < -0.39 is 11.6 Å². The average Bonchev–Trinajstić information content (AvgIpc) is 3.31. The molecule has 46 heavy (non-hydrogen) atoms.